The quantitative estimate of drug-likeness (QED) is 0.608. The monoisotopic (exact) mass is 398 g/mol. The van der Waals surface area contributed by atoms with E-state index in [4.69, 9.17) is 0 Å². The Morgan fingerprint density at radius 3 is 2.70 bits per heavy atom. The van der Waals surface area contributed by atoms with E-state index in [1.54, 1.807) is 17.4 Å². The second-order valence-electron chi connectivity index (χ2n) is 6.32. The van der Waals surface area contributed by atoms with E-state index < -0.39 is 0 Å². The van der Waals surface area contributed by atoms with Crippen LogP contribution >= 0.6 is 23.1 Å². The highest BCUT2D eigenvalue weighted by Crippen LogP contribution is 2.37. The van der Waals surface area contributed by atoms with Gasteiger partial charge in [0.05, 0.1) is 12.1 Å². The van der Waals surface area contributed by atoms with Crippen LogP contribution in [0.5, 0.6) is 0 Å². The molecular formula is C21H19FN2OS2. The highest BCUT2D eigenvalue weighted by atomic mass is 32.2. The fraction of sp³-hybridized carbons (Fsp3) is 0.190. The molecule has 1 aliphatic rings. The predicted octanol–water partition coefficient (Wildman–Crippen LogP) is 5.51. The van der Waals surface area contributed by atoms with Crippen LogP contribution in [0.15, 0.2) is 70.9 Å². The van der Waals surface area contributed by atoms with E-state index in [-0.39, 0.29) is 23.9 Å². The van der Waals surface area contributed by atoms with Crippen LogP contribution < -0.4 is 10.6 Å². The van der Waals surface area contributed by atoms with Gasteiger partial charge in [-0.15, -0.1) is 23.1 Å². The van der Waals surface area contributed by atoms with Gasteiger partial charge in [-0.25, -0.2) is 9.18 Å². The molecule has 1 aliphatic heterocycles. The maximum Gasteiger partial charge on any atom is 0.316 e. The van der Waals surface area contributed by atoms with E-state index in [1.807, 2.05) is 53.9 Å². The van der Waals surface area contributed by atoms with E-state index in [1.165, 1.54) is 17.8 Å². The minimum atomic E-state index is -0.246. The molecule has 3 nitrogen and oxygen atoms in total. The van der Waals surface area contributed by atoms with Crippen molar-refractivity contribution in [2.75, 3.05) is 5.75 Å². The van der Waals surface area contributed by atoms with Crippen LogP contribution in [0.3, 0.4) is 0 Å². The maximum absolute atomic E-state index is 14.1. The van der Waals surface area contributed by atoms with Crippen LogP contribution in [0.4, 0.5) is 9.18 Å². The summed E-state index contributed by atoms with van der Waals surface area (Å²) in [5.41, 5.74) is 1.88. The highest BCUT2D eigenvalue weighted by Gasteiger charge is 2.26. The van der Waals surface area contributed by atoms with Gasteiger partial charge in [-0.1, -0.05) is 48.5 Å². The number of hydrogen-bond donors (Lipinski definition) is 2. The number of thioether (sulfide) groups is 1. The van der Waals surface area contributed by atoms with Crippen LogP contribution in [0.2, 0.25) is 0 Å². The molecule has 4 rings (SSSR count). The van der Waals surface area contributed by atoms with Gasteiger partial charge in [-0.2, -0.15) is 0 Å². The summed E-state index contributed by atoms with van der Waals surface area (Å²) in [6.45, 7) is 0. The molecule has 0 saturated carbocycles. The molecule has 2 aromatic carbocycles. The summed E-state index contributed by atoms with van der Waals surface area (Å²) in [6.07, 6.45) is 0.781. The molecule has 6 heteroatoms. The van der Waals surface area contributed by atoms with Crippen molar-refractivity contribution < 1.29 is 9.18 Å². The summed E-state index contributed by atoms with van der Waals surface area (Å²) in [6, 6.07) is 18.3. The molecule has 0 spiro atoms. The average molecular weight is 399 g/mol. The number of thiophene rings is 1. The number of nitrogens with one attached hydrogen (secondary N) is 2. The molecule has 0 saturated heterocycles. The third kappa shape index (κ3) is 4.01. The molecule has 1 aromatic heterocycles. The average Bonchev–Trinajstić information content (AvgIpc) is 3.22. The van der Waals surface area contributed by atoms with Crippen molar-refractivity contribution in [2.24, 2.45) is 0 Å². The molecule has 2 atom stereocenters. The molecule has 2 amide bonds. The van der Waals surface area contributed by atoms with Gasteiger partial charge in [0.1, 0.15) is 5.82 Å². The molecule has 0 fully saturated rings. The van der Waals surface area contributed by atoms with Gasteiger partial charge in [0.25, 0.3) is 0 Å². The van der Waals surface area contributed by atoms with Gasteiger partial charge in [-0.3, -0.25) is 0 Å². The normalized spacial score (nSPS) is 17.0. The lowest BCUT2D eigenvalue weighted by Gasteiger charge is -2.27. The molecule has 27 heavy (non-hydrogen) atoms. The van der Waals surface area contributed by atoms with E-state index >= 15 is 0 Å². The Kier molecular flexibility index (Phi) is 5.45. The van der Waals surface area contributed by atoms with Crippen molar-refractivity contribution in [2.45, 2.75) is 23.4 Å². The number of halogens is 1. The second kappa shape index (κ2) is 8.15. The fourth-order valence-corrected chi connectivity index (χ4v) is 5.23. The summed E-state index contributed by atoms with van der Waals surface area (Å²) in [5.74, 6) is 0.566. The van der Waals surface area contributed by atoms with E-state index in [9.17, 15) is 9.18 Å². The minimum absolute atomic E-state index is 0.184. The predicted molar refractivity (Wildman–Crippen MR) is 109 cm³/mol. The third-order valence-corrected chi connectivity index (χ3v) is 6.66. The first-order chi connectivity index (χ1) is 13.2. The Labute approximate surface area is 166 Å². The maximum atomic E-state index is 14.1. The topological polar surface area (TPSA) is 41.1 Å². The van der Waals surface area contributed by atoms with Crippen molar-refractivity contribution in [3.63, 3.8) is 0 Å². The molecule has 3 aromatic rings. The van der Waals surface area contributed by atoms with Gasteiger partial charge in [0, 0.05) is 15.5 Å². The van der Waals surface area contributed by atoms with Crippen molar-refractivity contribution in [1.82, 2.24) is 10.6 Å². The Hall–Kier alpha value is -2.31. The minimum Gasteiger partial charge on any atom is -0.331 e. The molecular weight excluding hydrogens is 379 g/mol. The van der Waals surface area contributed by atoms with E-state index in [0.29, 0.717) is 4.90 Å². The number of rotatable bonds is 4. The Balaban J connectivity index is 1.53. The van der Waals surface area contributed by atoms with E-state index in [0.717, 1.165) is 28.2 Å². The van der Waals surface area contributed by atoms with Crippen LogP contribution in [0.1, 0.15) is 34.5 Å². The van der Waals surface area contributed by atoms with Crippen molar-refractivity contribution in [3.05, 3.63) is 87.9 Å². The van der Waals surface area contributed by atoms with Crippen LogP contribution in [-0.2, 0) is 0 Å². The van der Waals surface area contributed by atoms with Crippen molar-refractivity contribution in [3.8, 4) is 0 Å². The molecule has 0 bridgehead atoms. The fourth-order valence-electron chi connectivity index (χ4n) is 3.29. The molecule has 138 valence electrons. The summed E-state index contributed by atoms with van der Waals surface area (Å²) >= 11 is 3.12. The van der Waals surface area contributed by atoms with Crippen molar-refractivity contribution >= 4 is 29.1 Å². The zero-order chi connectivity index (χ0) is 18.6. The number of amides is 2. The number of carbonyl (C=O) groups excluding carboxylic acids is 1. The SMILES string of the molecule is O=C(N[C@@H](c1ccccc1)c1cccs1)N[C@H]1CCSc2c(F)cccc21. The first-order valence-corrected chi connectivity index (χ1v) is 10.7. The third-order valence-electron chi connectivity index (χ3n) is 4.57. The van der Waals surface area contributed by atoms with Gasteiger partial charge in [0.2, 0.25) is 0 Å². The zero-order valence-electron chi connectivity index (χ0n) is 14.5. The number of carbonyl (C=O) groups is 1. The van der Waals surface area contributed by atoms with Gasteiger partial charge >= 0.3 is 6.03 Å². The Morgan fingerprint density at radius 2 is 1.93 bits per heavy atom. The molecule has 2 N–H and O–H groups in total. The van der Waals surface area contributed by atoms with Gasteiger partial charge in [-0.05, 0) is 35.1 Å². The molecule has 0 aliphatic carbocycles. The number of fused-ring (bicyclic) bond motifs is 1. The van der Waals surface area contributed by atoms with Crippen LogP contribution in [0.25, 0.3) is 0 Å². The standard InChI is InChI=1S/C21H19FN2OS2/c22-16-9-4-8-15-17(11-13-27-20(15)16)23-21(25)24-19(18-10-5-12-26-18)14-6-2-1-3-7-14/h1-10,12,17,19H,11,13H2,(H2,23,24,25)/t17-,19-/m0/s1. The Bertz CT molecular complexity index is 915. The van der Waals surface area contributed by atoms with E-state index in [2.05, 4.69) is 10.6 Å². The summed E-state index contributed by atoms with van der Waals surface area (Å²) < 4.78 is 14.1. The highest BCUT2D eigenvalue weighted by molar-refractivity contribution is 7.99. The molecule has 0 radical (unpaired) electrons. The van der Waals surface area contributed by atoms with Crippen LogP contribution in [0, 0.1) is 5.82 Å². The Morgan fingerprint density at radius 1 is 1.07 bits per heavy atom. The largest absolute Gasteiger partial charge is 0.331 e. The first kappa shape index (κ1) is 18.1. The molecule has 2 heterocycles. The zero-order valence-corrected chi connectivity index (χ0v) is 16.2. The lowest BCUT2D eigenvalue weighted by Crippen LogP contribution is -2.41. The summed E-state index contributed by atoms with van der Waals surface area (Å²) in [4.78, 5) is 14.5. The number of urea groups is 1. The number of hydrogen-bond acceptors (Lipinski definition) is 3. The lowest BCUT2D eigenvalue weighted by atomic mass is 10.0. The first-order valence-electron chi connectivity index (χ1n) is 8.79. The summed E-state index contributed by atoms with van der Waals surface area (Å²) in [5, 5.41) is 8.13. The number of benzene rings is 2. The second-order valence-corrected chi connectivity index (χ2v) is 8.41. The van der Waals surface area contributed by atoms with Crippen molar-refractivity contribution in [1.29, 1.82) is 0 Å². The van der Waals surface area contributed by atoms with Gasteiger partial charge < -0.3 is 10.6 Å². The van der Waals surface area contributed by atoms with Crippen LogP contribution in [-0.4, -0.2) is 11.8 Å². The molecule has 0 unspecified atom stereocenters. The smallest absolute Gasteiger partial charge is 0.316 e. The summed E-state index contributed by atoms with van der Waals surface area (Å²) in [7, 11) is 0. The lowest BCUT2D eigenvalue weighted by molar-refractivity contribution is 0.234. The van der Waals surface area contributed by atoms with Gasteiger partial charge in [0.15, 0.2) is 0 Å².